The molecule has 0 unspecified atom stereocenters. The molecule has 1 aromatic heterocycles. The van der Waals surface area contributed by atoms with E-state index in [1.54, 1.807) is 13.0 Å². The van der Waals surface area contributed by atoms with E-state index in [9.17, 15) is 8.42 Å². The predicted molar refractivity (Wildman–Crippen MR) is 99.0 cm³/mol. The van der Waals surface area contributed by atoms with Gasteiger partial charge in [0.1, 0.15) is 11.5 Å². The van der Waals surface area contributed by atoms with E-state index in [-0.39, 0.29) is 16.4 Å². The molecule has 0 amide bonds. The number of hydrogen-bond acceptors (Lipinski definition) is 6. The Morgan fingerprint density at radius 3 is 2.48 bits per heavy atom. The summed E-state index contributed by atoms with van der Waals surface area (Å²) in [5.41, 5.74) is 0.345. The van der Waals surface area contributed by atoms with Crippen LogP contribution in [0.15, 0.2) is 64.5 Å². The molecular weight excluding hydrogens is 388 g/mol. The number of rotatable bonds is 3. The number of halogens is 1. The Balaban J connectivity index is 1.65. The number of hydrogen-bond donors (Lipinski definition) is 0. The number of benzene rings is 2. The molecule has 0 fully saturated rings. The van der Waals surface area contributed by atoms with E-state index in [0.717, 1.165) is 0 Å². The van der Waals surface area contributed by atoms with Crippen molar-refractivity contribution < 1.29 is 17.9 Å². The van der Waals surface area contributed by atoms with Gasteiger partial charge < -0.3 is 9.47 Å². The van der Waals surface area contributed by atoms with E-state index in [1.807, 2.05) is 18.2 Å². The summed E-state index contributed by atoms with van der Waals surface area (Å²) in [5.74, 6) is 1.64. The number of para-hydroxylation sites is 2. The maximum absolute atomic E-state index is 12.8. The lowest BCUT2D eigenvalue weighted by Crippen LogP contribution is -2.24. The van der Waals surface area contributed by atoms with Crippen molar-refractivity contribution in [1.82, 2.24) is 9.97 Å². The first-order valence-electron chi connectivity index (χ1n) is 8.18. The van der Waals surface area contributed by atoms with E-state index in [1.165, 1.54) is 30.5 Å². The molecule has 27 heavy (non-hydrogen) atoms. The molecule has 1 aliphatic heterocycles. The second-order valence-electron chi connectivity index (χ2n) is 6.00. The van der Waals surface area contributed by atoms with Crippen LogP contribution in [-0.4, -0.2) is 25.0 Å². The Hall–Kier alpha value is -2.64. The van der Waals surface area contributed by atoms with Crippen LogP contribution in [0.25, 0.3) is 0 Å². The van der Waals surface area contributed by atoms with Crippen LogP contribution in [0.1, 0.15) is 17.6 Å². The molecule has 0 radical (unpaired) electrons. The minimum atomic E-state index is -3.74. The Kier molecular flexibility index (Phi) is 4.49. The fourth-order valence-corrected chi connectivity index (χ4v) is 4.28. The molecule has 2 heterocycles. The lowest BCUT2D eigenvalue weighted by atomic mass is 10.2. The highest BCUT2D eigenvalue weighted by molar-refractivity contribution is 7.91. The Labute approximate surface area is 161 Å². The van der Waals surface area contributed by atoms with Gasteiger partial charge in [0.25, 0.3) is 0 Å². The van der Waals surface area contributed by atoms with Crippen LogP contribution in [0.2, 0.25) is 5.02 Å². The summed E-state index contributed by atoms with van der Waals surface area (Å²) in [7, 11) is -3.74. The summed E-state index contributed by atoms with van der Waals surface area (Å²) >= 11 is 5.84. The van der Waals surface area contributed by atoms with Gasteiger partial charge in [-0.2, -0.15) is 0 Å². The van der Waals surface area contributed by atoms with Crippen molar-refractivity contribution in [2.45, 2.75) is 22.8 Å². The van der Waals surface area contributed by atoms with Crippen molar-refractivity contribution in [1.29, 1.82) is 0 Å². The predicted octanol–water partition coefficient (Wildman–Crippen LogP) is 3.78. The van der Waals surface area contributed by atoms with Gasteiger partial charge in [0.15, 0.2) is 23.4 Å². The summed E-state index contributed by atoms with van der Waals surface area (Å²) < 4.78 is 37.2. The third-order valence-electron chi connectivity index (χ3n) is 4.16. The summed E-state index contributed by atoms with van der Waals surface area (Å²) in [5, 5.41) is 0.465. The van der Waals surface area contributed by atoms with E-state index >= 15 is 0 Å². The molecule has 2 aromatic carbocycles. The number of aromatic nitrogens is 2. The molecule has 138 valence electrons. The van der Waals surface area contributed by atoms with Crippen molar-refractivity contribution in [3.05, 3.63) is 71.3 Å². The van der Waals surface area contributed by atoms with E-state index in [0.29, 0.717) is 28.0 Å². The molecule has 0 bridgehead atoms. The third-order valence-corrected chi connectivity index (χ3v) is 6.29. The van der Waals surface area contributed by atoms with Crippen LogP contribution in [0, 0.1) is 6.92 Å². The minimum Gasteiger partial charge on any atom is -0.485 e. The van der Waals surface area contributed by atoms with Crippen molar-refractivity contribution in [2.75, 3.05) is 6.61 Å². The van der Waals surface area contributed by atoms with Crippen LogP contribution in [0.4, 0.5) is 0 Å². The quantitative estimate of drug-likeness (QED) is 0.663. The van der Waals surface area contributed by atoms with Crippen LogP contribution in [0.3, 0.4) is 0 Å². The van der Waals surface area contributed by atoms with Crippen LogP contribution in [0.5, 0.6) is 11.5 Å². The molecule has 3 aromatic rings. The SMILES string of the molecule is Cc1nc([C@H]2COc3ccccc3O2)ncc1S(=O)(=O)c1ccc(Cl)cc1. The van der Waals surface area contributed by atoms with Gasteiger partial charge in [-0.3, -0.25) is 0 Å². The molecule has 1 atom stereocenters. The topological polar surface area (TPSA) is 78.4 Å². The highest BCUT2D eigenvalue weighted by atomic mass is 35.5. The van der Waals surface area contributed by atoms with Crippen molar-refractivity contribution >= 4 is 21.4 Å². The largest absolute Gasteiger partial charge is 0.485 e. The summed E-state index contributed by atoms with van der Waals surface area (Å²) in [4.78, 5) is 8.77. The van der Waals surface area contributed by atoms with Gasteiger partial charge in [-0.1, -0.05) is 23.7 Å². The zero-order chi connectivity index (χ0) is 19.0. The Morgan fingerprint density at radius 1 is 1.07 bits per heavy atom. The minimum absolute atomic E-state index is 0.0469. The van der Waals surface area contributed by atoms with Gasteiger partial charge in [0.2, 0.25) is 9.84 Å². The Morgan fingerprint density at radius 2 is 1.78 bits per heavy atom. The third kappa shape index (κ3) is 3.36. The number of aryl methyl sites for hydroxylation is 1. The van der Waals surface area contributed by atoms with Crippen molar-refractivity contribution in [2.24, 2.45) is 0 Å². The zero-order valence-corrected chi connectivity index (χ0v) is 15.9. The molecule has 8 heteroatoms. The lowest BCUT2D eigenvalue weighted by molar-refractivity contribution is 0.0848. The molecule has 0 saturated heterocycles. The number of sulfone groups is 1. The van der Waals surface area contributed by atoms with Gasteiger partial charge in [0.05, 0.1) is 16.8 Å². The summed E-state index contributed by atoms with van der Waals surface area (Å²) in [6, 6.07) is 13.3. The van der Waals surface area contributed by atoms with E-state index in [4.69, 9.17) is 21.1 Å². The molecule has 0 saturated carbocycles. The fourth-order valence-electron chi connectivity index (χ4n) is 2.78. The summed E-state index contributed by atoms with van der Waals surface area (Å²) in [6.45, 7) is 1.88. The van der Waals surface area contributed by atoms with E-state index < -0.39 is 15.9 Å². The normalized spacial score (nSPS) is 16.1. The van der Waals surface area contributed by atoms with Gasteiger partial charge in [0, 0.05) is 5.02 Å². The maximum Gasteiger partial charge on any atom is 0.209 e. The van der Waals surface area contributed by atoms with Gasteiger partial charge in [-0.15, -0.1) is 0 Å². The van der Waals surface area contributed by atoms with Crippen molar-refractivity contribution in [3.63, 3.8) is 0 Å². The molecule has 0 spiro atoms. The van der Waals surface area contributed by atoms with Crippen molar-refractivity contribution in [3.8, 4) is 11.5 Å². The average molecular weight is 403 g/mol. The monoisotopic (exact) mass is 402 g/mol. The first-order chi connectivity index (χ1) is 12.9. The highest BCUT2D eigenvalue weighted by Gasteiger charge is 2.27. The van der Waals surface area contributed by atoms with E-state index in [2.05, 4.69) is 9.97 Å². The second-order valence-corrected chi connectivity index (χ2v) is 8.35. The molecule has 4 rings (SSSR count). The standard InChI is InChI=1S/C19H15ClN2O4S/c1-12-18(27(23,24)14-8-6-13(20)7-9-14)10-21-19(22-12)17-11-25-15-4-2-3-5-16(15)26-17/h2-10,17H,11H2,1H3/t17-/m1/s1. The Bertz CT molecular complexity index is 1100. The number of nitrogens with zero attached hydrogens (tertiary/aromatic N) is 2. The average Bonchev–Trinajstić information content (AvgIpc) is 2.67. The number of ether oxygens (including phenoxy) is 2. The smallest absolute Gasteiger partial charge is 0.209 e. The first-order valence-corrected chi connectivity index (χ1v) is 10.0. The fraction of sp³-hybridized carbons (Fsp3) is 0.158. The highest BCUT2D eigenvalue weighted by Crippen LogP contribution is 2.35. The lowest BCUT2D eigenvalue weighted by Gasteiger charge is -2.25. The van der Waals surface area contributed by atoms with Crippen LogP contribution in [-0.2, 0) is 9.84 Å². The second kappa shape index (κ2) is 6.83. The molecular formula is C19H15ClN2O4S. The zero-order valence-electron chi connectivity index (χ0n) is 14.3. The van der Waals surface area contributed by atoms with Gasteiger partial charge in [-0.25, -0.2) is 18.4 Å². The number of fused-ring (bicyclic) bond motifs is 1. The van der Waals surface area contributed by atoms with Gasteiger partial charge in [-0.05, 0) is 43.3 Å². The summed E-state index contributed by atoms with van der Waals surface area (Å²) in [6.07, 6.45) is 0.803. The molecule has 0 N–H and O–H groups in total. The van der Waals surface area contributed by atoms with Crippen LogP contribution < -0.4 is 9.47 Å². The van der Waals surface area contributed by atoms with Crippen LogP contribution >= 0.6 is 11.6 Å². The molecule has 0 aliphatic carbocycles. The maximum atomic E-state index is 12.8. The molecule has 1 aliphatic rings. The molecule has 6 nitrogen and oxygen atoms in total. The van der Waals surface area contributed by atoms with Gasteiger partial charge >= 0.3 is 0 Å². The first kappa shape index (κ1) is 17.8.